The van der Waals surface area contributed by atoms with Crippen molar-refractivity contribution in [1.82, 2.24) is 14.1 Å². The minimum atomic E-state index is -0.369. The predicted molar refractivity (Wildman–Crippen MR) is 124 cm³/mol. The Bertz CT molecular complexity index is 1430. The molecule has 2 aromatic heterocycles. The van der Waals surface area contributed by atoms with Crippen molar-refractivity contribution in [3.05, 3.63) is 57.0 Å². The van der Waals surface area contributed by atoms with E-state index in [2.05, 4.69) is 0 Å². The third kappa shape index (κ3) is 3.19. The fraction of sp³-hybridized carbons (Fsp3) is 0.292. The van der Waals surface area contributed by atoms with E-state index >= 15 is 0 Å². The molecule has 2 aromatic carbocycles. The van der Waals surface area contributed by atoms with Crippen LogP contribution >= 0.6 is 0 Å². The summed E-state index contributed by atoms with van der Waals surface area (Å²) in [5, 5.41) is 0.570. The first-order chi connectivity index (χ1) is 15.5. The van der Waals surface area contributed by atoms with Gasteiger partial charge in [-0.05, 0) is 30.7 Å². The van der Waals surface area contributed by atoms with E-state index in [1.54, 1.807) is 40.4 Å². The van der Waals surface area contributed by atoms with Crippen LogP contribution in [-0.2, 0) is 13.6 Å². The van der Waals surface area contributed by atoms with E-state index < -0.39 is 0 Å². The van der Waals surface area contributed by atoms with Gasteiger partial charge in [-0.3, -0.25) is 14.2 Å². The summed E-state index contributed by atoms with van der Waals surface area (Å²) in [5.74, 6) is 1.77. The lowest BCUT2D eigenvalue weighted by molar-refractivity contribution is 0.324. The predicted octanol–water partition coefficient (Wildman–Crippen LogP) is 3.35. The van der Waals surface area contributed by atoms with Crippen molar-refractivity contribution in [3.8, 4) is 28.6 Å². The van der Waals surface area contributed by atoms with Gasteiger partial charge in [-0.2, -0.15) is 0 Å². The quantitative estimate of drug-likeness (QED) is 0.432. The molecule has 8 heteroatoms. The van der Waals surface area contributed by atoms with Gasteiger partial charge in [-0.25, -0.2) is 4.98 Å². The molecule has 0 atom stereocenters. The molecular weight excluding hydrogens is 410 g/mol. The average molecular weight is 435 g/mol. The van der Waals surface area contributed by atoms with Crippen LogP contribution in [0.4, 0.5) is 0 Å². The molecule has 166 valence electrons. The zero-order valence-electron chi connectivity index (χ0n) is 18.8. The van der Waals surface area contributed by atoms with Crippen LogP contribution in [0.5, 0.6) is 17.2 Å². The molecule has 0 saturated carbocycles. The topological polar surface area (TPSA) is 84.6 Å². The number of hydrogen-bond donors (Lipinski definition) is 0. The Labute approximate surface area is 184 Å². The first-order valence-corrected chi connectivity index (χ1v) is 10.3. The number of para-hydroxylation sites is 1. The number of hydrogen-bond acceptors (Lipinski definition) is 6. The van der Waals surface area contributed by atoms with Gasteiger partial charge in [0.15, 0.2) is 17.1 Å². The number of nitrogens with zero attached hydrogens (tertiary/aromatic N) is 3. The molecular formula is C24H25N3O5. The number of aryl methyl sites for hydroxylation is 1. The Morgan fingerprint density at radius 3 is 2.22 bits per heavy atom. The van der Waals surface area contributed by atoms with E-state index in [-0.39, 0.29) is 16.4 Å². The summed E-state index contributed by atoms with van der Waals surface area (Å²) in [7, 11) is 6.40. The molecule has 0 spiro atoms. The number of benzene rings is 2. The van der Waals surface area contributed by atoms with E-state index in [0.29, 0.717) is 58.2 Å². The molecule has 32 heavy (non-hydrogen) atoms. The zero-order chi connectivity index (χ0) is 23.0. The van der Waals surface area contributed by atoms with Crippen LogP contribution < -0.4 is 25.2 Å². The Morgan fingerprint density at radius 2 is 1.62 bits per heavy atom. The Morgan fingerprint density at radius 1 is 0.969 bits per heavy atom. The molecule has 4 aromatic rings. The van der Waals surface area contributed by atoms with Crippen LogP contribution in [0.15, 0.2) is 46.0 Å². The van der Waals surface area contributed by atoms with E-state index in [4.69, 9.17) is 19.2 Å². The van der Waals surface area contributed by atoms with Crippen LogP contribution in [0.2, 0.25) is 0 Å². The smallest absolute Gasteiger partial charge is 0.267 e. The molecule has 0 aliphatic heterocycles. The zero-order valence-corrected chi connectivity index (χ0v) is 18.8. The molecule has 4 rings (SSSR count). The van der Waals surface area contributed by atoms with Gasteiger partial charge in [-0.1, -0.05) is 19.1 Å². The highest BCUT2D eigenvalue weighted by Crippen LogP contribution is 2.40. The van der Waals surface area contributed by atoms with Gasteiger partial charge in [0.05, 0.1) is 26.8 Å². The minimum absolute atomic E-state index is 0.0795. The molecule has 8 nitrogen and oxygen atoms in total. The second kappa shape index (κ2) is 8.37. The van der Waals surface area contributed by atoms with E-state index in [1.165, 1.54) is 21.3 Å². The summed E-state index contributed by atoms with van der Waals surface area (Å²) < 4.78 is 19.7. The van der Waals surface area contributed by atoms with Gasteiger partial charge in [0.1, 0.15) is 11.2 Å². The van der Waals surface area contributed by atoms with Crippen molar-refractivity contribution in [3.63, 3.8) is 0 Å². The van der Waals surface area contributed by atoms with Gasteiger partial charge in [0.25, 0.3) is 5.56 Å². The molecule has 2 heterocycles. The fourth-order valence-electron chi connectivity index (χ4n) is 4.05. The molecule has 0 unspecified atom stereocenters. The van der Waals surface area contributed by atoms with Crippen molar-refractivity contribution < 1.29 is 14.2 Å². The average Bonchev–Trinajstić information content (AvgIpc) is 2.82. The van der Waals surface area contributed by atoms with Crippen LogP contribution in [-0.4, -0.2) is 35.4 Å². The molecule has 0 aliphatic carbocycles. The second-order valence-electron chi connectivity index (χ2n) is 7.41. The van der Waals surface area contributed by atoms with Crippen molar-refractivity contribution in [2.24, 2.45) is 7.05 Å². The Kier molecular flexibility index (Phi) is 5.61. The Hall–Kier alpha value is -3.81. The van der Waals surface area contributed by atoms with Gasteiger partial charge in [-0.15, -0.1) is 0 Å². The lowest BCUT2D eigenvalue weighted by Crippen LogP contribution is -2.29. The molecule has 0 radical (unpaired) electrons. The number of methoxy groups -OCH3 is 3. The molecule has 0 amide bonds. The van der Waals surface area contributed by atoms with E-state index in [9.17, 15) is 9.59 Å². The van der Waals surface area contributed by atoms with Crippen molar-refractivity contribution in [1.29, 1.82) is 0 Å². The molecule has 0 bridgehead atoms. The summed E-state index contributed by atoms with van der Waals surface area (Å²) in [4.78, 5) is 31.6. The van der Waals surface area contributed by atoms with Gasteiger partial charge >= 0.3 is 0 Å². The maximum atomic E-state index is 13.6. The molecule has 0 fully saturated rings. The minimum Gasteiger partial charge on any atom is -0.493 e. The number of aromatic nitrogens is 3. The highest BCUT2D eigenvalue weighted by molar-refractivity contribution is 5.92. The number of pyridine rings is 1. The van der Waals surface area contributed by atoms with E-state index in [1.807, 2.05) is 19.1 Å². The van der Waals surface area contributed by atoms with Gasteiger partial charge < -0.3 is 18.8 Å². The maximum absolute atomic E-state index is 13.6. The second-order valence-corrected chi connectivity index (χ2v) is 7.41. The van der Waals surface area contributed by atoms with Crippen molar-refractivity contribution in [2.75, 3.05) is 21.3 Å². The van der Waals surface area contributed by atoms with E-state index in [0.717, 1.165) is 0 Å². The van der Waals surface area contributed by atoms with Crippen LogP contribution in [0.25, 0.3) is 33.3 Å². The third-order valence-corrected chi connectivity index (χ3v) is 5.58. The fourth-order valence-corrected chi connectivity index (χ4v) is 4.05. The molecule has 0 N–H and O–H groups in total. The number of rotatable bonds is 6. The largest absolute Gasteiger partial charge is 0.493 e. The lowest BCUT2D eigenvalue weighted by Gasteiger charge is -2.18. The Balaban J connectivity index is 2.16. The summed E-state index contributed by atoms with van der Waals surface area (Å²) >= 11 is 0. The normalized spacial score (nSPS) is 11.2. The summed E-state index contributed by atoms with van der Waals surface area (Å²) in [6.07, 6.45) is 0.693. The first kappa shape index (κ1) is 21.4. The SMILES string of the molecule is CCCn1c(-c2cc(OC)c(OC)c(OC)c2)nc2c(c(=O)c3ccccc3n2C)c1=O. The summed E-state index contributed by atoms with van der Waals surface area (Å²) in [5.41, 5.74) is 0.975. The maximum Gasteiger partial charge on any atom is 0.267 e. The summed E-state index contributed by atoms with van der Waals surface area (Å²) in [6.45, 7) is 2.37. The van der Waals surface area contributed by atoms with Crippen LogP contribution in [0.1, 0.15) is 13.3 Å². The van der Waals surface area contributed by atoms with Gasteiger partial charge in [0, 0.05) is 24.5 Å². The number of fused-ring (bicyclic) bond motifs is 2. The highest BCUT2D eigenvalue weighted by Gasteiger charge is 2.21. The molecule has 0 aliphatic rings. The lowest BCUT2D eigenvalue weighted by atomic mass is 10.1. The number of ether oxygens (including phenoxy) is 3. The van der Waals surface area contributed by atoms with Gasteiger partial charge in [0.2, 0.25) is 11.2 Å². The third-order valence-electron chi connectivity index (χ3n) is 5.58. The molecule has 0 saturated heterocycles. The summed E-state index contributed by atoms with van der Waals surface area (Å²) in [6, 6.07) is 10.7. The standard InChI is InChI=1S/C24H25N3O5/c1-6-11-27-22(14-12-17(30-3)21(32-5)18(13-14)31-4)25-23-19(24(27)29)20(28)15-9-7-8-10-16(15)26(23)2/h7-10,12-13H,6,11H2,1-5H3. The van der Waals surface area contributed by atoms with Crippen molar-refractivity contribution in [2.45, 2.75) is 19.9 Å². The first-order valence-electron chi connectivity index (χ1n) is 10.3. The monoisotopic (exact) mass is 435 g/mol. The highest BCUT2D eigenvalue weighted by atomic mass is 16.5. The van der Waals surface area contributed by atoms with Crippen LogP contribution in [0, 0.1) is 0 Å². The van der Waals surface area contributed by atoms with Crippen molar-refractivity contribution >= 4 is 21.9 Å². The van der Waals surface area contributed by atoms with Crippen LogP contribution in [0.3, 0.4) is 0 Å².